The lowest BCUT2D eigenvalue weighted by molar-refractivity contribution is -0.384. The Balaban J connectivity index is 1.96. The van der Waals surface area contributed by atoms with Crippen LogP contribution in [0, 0.1) is 10.1 Å². The fourth-order valence-electron chi connectivity index (χ4n) is 3.00. The predicted octanol–water partition coefficient (Wildman–Crippen LogP) is 1.08. The van der Waals surface area contributed by atoms with E-state index in [-0.39, 0.29) is 17.8 Å². The second-order valence-corrected chi connectivity index (χ2v) is 6.13. The number of imide groups is 2. The van der Waals surface area contributed by atoms with Crippen LogP contribution in [0.4, 0.5) is 16.2 Å². The van der Waals surface area contributed by atoms with E-state index < -0.39 is 22.8 Å². The number of nitro benzene ring substituents is 1. The van der Waals surface area contributed by atoms with Crippen molar-refractivity contribution in [1.29, 1.82) is 0 Å². The number of nitrogens with zero attached hydrogens (tertiary/aromatic N) is 3. The minimum atomic E-state index is -0.852. The van der Waals surface area contributed by atoms with E-state index in [1.807, 2.05) is 4.90 Å². The van der Waals surface area contributed by atoms with Gasteiger partial charge in [0.05, 0.1) is 18.1 Å². The van der Waals surface area contributed by atoms with Gasteiger partial charge in [-0.15, -0.1) is 6.58 Å². The van der Waals surface area contributed by atoms with Gasteiger partial charge in [0.25, 0.3) is 17.5 Å². The van der Waals surface area contributed by atoms with Crippen molar-refractivity contribution in [1.82, 2.24) is 10.2 Å². The van der Waals surface area contributed by atoms with E-state index >= 15 is 0 Å². The third kappa shape index (κ3) is 3.76. The number of nitro groups is 1. The molecule has 0 unspecified atom stereocenters. The van der Waals surface area contributed by atoms with Crippen LogP contribution < -0.4 is 10.2 Å². The van der Waals surface area contributed by atoms with Gasteiger partial charge in [0.2, 0.25) is 0 Å². The SMILES string of the molecule is C=CCN1C(=O)NC(=O)C(=Cc2ccc(N3CCOCC3)c([N+](=O)[O-])c2)C1=O. The first kappa shape index (κ1) is 19.2. The van der Waals surface area contributed by atoms with Crippen LogP contribution in [0.15, 0.2) is 36.4 Å². The van der Waals surface area contributed by atoms with Gasteiger partial charge in [-0.05, 0) is 17.7 Å². The summed E-state index contributed by atoms with van der Waals surface area (Å²) in [7, 11) is 0. The molecular formula is C18H18N4O6. The van der Waals surface area contributed by atoms with Gasteiger partial charge in [-0.25, -0.2) is 4.79 Å². The number of amides is 4. The van der Waals surface area contributed by atoms with Gasteiger partial charge in [0.15, 0.2) is 0 Å². The van der Waals surface area contributed by atoms with Gasteiger partial charge in [0.1, 0.15) is 11.3 Å². The number of carbonyl (C=O) groups excluding carboxylic acids is 3. The maximum absolute atomic E-state index is 12.4. The fourth-order valence-corrected chi connectivity index (χ4v) is 3.00. The molecule has 10 nitrogen and oxygen atoms in total. The van der Waals surface area contributed by atoms with Crippen molar-refractivity contribution in [3.63, 3.8) is 0 Å². The van der Waals surface area contributed by atoms with Crippen LogP contribution in [0.25, 0.3) is 6.08 Å². The molecule has 0 radical (unpaired) electrons. The maximum atomic E-state index is 12.4. The van der Waals surface area contributed by atoms with Gasteiger partial charge in [0, 0.05) is 25.7 Å². The summed E-state index contributed by atoms with van der Waals surface area (Å²) in [5.74, 6) is -1.64. The van der Waals surface area contributed by atoms with Gasteiger partial charge >= 0.3 is 6.03 Å². The standard InChI is InChI=1S/C18H18N4O6/c1-2-5-21-17(24)13(16(23)19-18(21)25)10-12-3-4-14(15(11-12)22(26)27)20-6-8-28-9-7-20/h2-4,10-11H,1,5-9H2,(H,19,23,25). The van der Waals surface area contributed by atoms with Crippen LogP contribution in [0.3, 0.4) is 0 Å². The molecule has 2 heterocycles. The van der Waals surface area contributed by atoms with Crippen molar-refractivity contribution in [2.75, 3.05) is 37.7 Å². The molecule has 10 heteroatoms. The Morgan fingerprint density at radius 2 is 1.96 bits per heavy atom. The zero-order valence-electron chi connectivity index (χ0n) is 14.9. The lowest BCUT2D eigenvalue weighted by atomic mass is 10.1. The van der Waals surface area contributed by atoms with E-state index in [1.54, 1.807) is 12.1 Å². The summed E-state index contributed by atoms with van der Waals surface area (Å²) in [5.41, 5.74) is 0.322. The first-order valence-electron chi connectivity index (χ1n) is 8.53. The van der Waals surface area contributed by atoms with E-state index in [1.165, 1.54) is 18.2 Å². The van der Waals surface area contributed by atoms with Crippen molar-refractivity contribution in [2.45, 2.75) is 0 Å². The van der Waals surface area contributed by atoms with Crippen LogP contribution in [0.5, 0.6) is 0 Å². The topological polar surface area (TPSA) is 122 Å². The van der Waals surface area contributed by atoms with Crippen molar-refractivity contribution < 1.29 is 24.0 Å². The molecule has 3 rings (SSSR count). The molecule has 2 aliphatic heterocycles. The minimum Gasteiger partial charge on any atom is -0.378 e. The largest absolute Gasteiger partial charge is 0.378 e. The molecule has 4 amide bonds. The molecule has 1 N–H and O–H groups in total. The summed E-state index contributed by atoms with van der Waals surface area (Å²) in [4.78, 5) is 50.0. The highest BCUT2D eigenvalue weighted by molar-refractivity contribution is 6.31. The second kappa shape index (κ2) is 8.01. The smallest absolute Gasteiger partial charge is 0.331 e. The average Bonchev–Trinajstić information content (AvgIpc) is 2.69. The highest BCUT2D eigenvalue weighted by Crippen LogP contribution is 2.31. The summed E-state index contributed by atoms with van der Waals surface area (Å²) in [6.07, 6.45) is 2.59. The number of ether oxygens (including phenoxy) is 1. The van der Waals surface area contributed by atoms with Gasteiger partial charge in [-0.1, -0.05) is 12.1 Å². The number of carbonyl (C=O) groups is 3. The highest BCUT2D eigenvalue weighted by atomic mass is 16.6. The molecule has 146 valence electrons. The lowest BCUT2D eigenvalue weighted by Crippen LogP contribution is -2.54. The quantitative estimate of drug-likeness (QED) is 0.264. The molecule has 0 saturated carbocycles. The van der Waals surface area contributed by atoms with E-state index in [0.717, 1.165) is 4.90 Å². The van der Waals surface area contributed by atoms with E-state index in [4.69, 9.17) is 4.74 Å². The summed E-state index contributed by atoms with van der Waals surface area (Å²) in [5, 5.41) is 13.6. The molecule has 2 fully saturated rings. The Bertz CT molecular complexity index is 888. The highest BCUT2D eigenvalue weighted by Gasteiger charge is 2.35. The van der Waals surface area contributed by atoms with Crippen molar-refractivity contribution >= 4 is 35.3 Å². The molecule has 0 aromatic heterocycles. The molecule has 0 bridgehead atoms. The number of urea groups is 1. The molecule has 0 spiro atoms. The number of rotatable bonds is 5. The number of morpholine rings is 1. The maximum Gasteiger partial charge on any atom is 0.331 e. The average molecular weight is 386 g/mol. The van der Waals surface area contributed by atoms with Crippen molar-refractivity contribution in [3.05, 3.63) is 52.1 Å². The van der Waals surface area contributed by atoms with E-state index in [2.05, 4.69) is 11.9 Å². The Labute approximate surface area is 160 Å². The third-order valence-corrected chi connectivity index (χ3v) is 4.36. The number of barbiturate groups is 1. The van der Waals surface area contributed by atoms with Gasteiger partial charge in [-0.2, -0.15) is 0 Å². The third-order valence-electron chi connectivity index (χ3n) is 4.36. The molecule has 1 aromatic carbocycles. The van der Waals surface area contributed by atoms with Crippen LogP contribution in [-0.4, -0.2) is 60.5 Å². The van der Waals surface area contributed by atoms with E-state index in [9.17, 15) is 24.5 Å². The molecule has 2 aliphatic rings. The summed E-state index contributed by atoms with van der Waals surface area (Å²) < 4.78 is 5.27. The number of hydrogen-bond acceptors (Lipinski definition) is 7. The van der Waals surface area contributed by atoms with Crippen LogP contribution in [0.1, 0.15) is 5.56 Å². The molecular weight excluding hydrogens is 368 g/mol. The van der Waals surface area contributed by atoms with Crippen molar-refractivity contribution in [3.8, 4) is 0 Å². The Hall–Kier alpha value is -3.53. The zero-order chi connectivity index (χ0) is 20.3. The number of anilines is 1. The van der Waals surface area contributed by atoms with Crippen LogP contribution >= 0.6 is 0 Å². The molecule has 0 atom stereocenters. The first-order valence-corrected chi connectivity index (χ1v) is 8.53. The van der Waals surface area contributed by atoms with Gasteiger partial charge < -0.3 is 9.64 Å². The lowest BCUT2D eigenvalue weighted by Gasteiger charge is -2.28. The summed E-state index contributed by atoms with van der Waals surface area (Å²) in [6, 6.07) is 3.63. The molecule has 1 aromatic rings. The van der Waals surface area contributed by atoms with E-state index in [0.29, 0.717) is 37.6 Å². The first-order chi connectivity index (χ1) is 13.4. The van der Waals surface area contributed by atoms with Gasteiger partial charge in [-0.3, -0.25) is 29.9 Å². The monoisotopic (exact) mass is 386 g/mol. The van der Waals surface area contributed by atoms with Crippen molar-refractivity contribution in [2.24, 2.45) is 0 Å². The zero-order valence-corrected chi connectivity index (χ0v) is 14.9. The predicted molar refractivity (Wildman–Crippen MR) is 99.6 cm³/mol. The summed E-state index contributed by atoms with van der Waals surface area (Å²) >= 11 is 0. The molecule has 28 heavy (non-hydrogen) atoms. The Kier molecular flexibility index (Phi) is 5.50. The Morgan fingerprint density at radius 3 is 2.61 bits per heavy atom. The Morgan fingerprint density at radius 1 is 1.25 bits per heavy atom. The minimum absolute atomic E-state index is 0.0641. The fraction of sp³-hybridized carbons (Fsp3) is 0.278. The van der Waals surface area contributed by atoms with Crippen LogP contribution in [0.2, 0.25) is 0 Å². The second-order valence-electron chi connectivity index (χ2n) is 6.13. The number of hydrogen-bond donors (Lipinski definition) is 1. The molecule has 0 aliphatic carbocycles. The molecule has 2 saturated heterocycles. The summed E-state index contributed by atoms with van der Waals surface area (Å²) in [6.45, 7) is 5.42. The number of nitrogens with one attached hydrogen (secondary N) is 1. The number of benzene rings is 1. The normalized spacial score (nSPS) is 19.0. The van der Waals surface area contributed by atoms with Crippen LogP contribution in [-0.2, 0) is 14.3 Å².